The Labute approximate surface area is 116 Å². The number of benzene rings is 1. The Bertz CT molecular complexity index is 618. The summed E-state index contributed by atoms with van der Waals surface area (Å²) in [4.78, 5) is 8.47. The molecule has 0 amide bonds. The van der Waals surface area contributed by atoms with E-state index in [2.05, 4.69) is 20.6 Å². The van der Waals surface area contributed by atoms with Crippen molar-refractivity contribution in [3.05, 3.63) is 40.8 Å². The molecule has 0 aliphatic carbocycles. The van der Waals surface area contributed by atoms with E-state index < -0.39 is 0 Å². The molecule has 3 rings (SSSR count). The van der Waals surface area contributed by atoms with Gasteiger partial charge in [0.15, 0.2) is 0 Å². The lowest BCUT2D eigenvalue weighted by Gasteiger charge is -2.10. The van der Waals surface area contributed by atoms with Gasteiger partial charge in [-0.1, -0.05) is 6.07 Å². The zero-order valence-electron chi connectivity index (χ0n) is 10.4. The zero-order chi connectivity index (χ0) is 13.2. The van der Waals surface area contributed by atoms with Crippen molar-refractivity contribution in [2.45, 2.75) is 13.1 Å². The smallest absolute Gasteiger partial charge is 0.224 e. The molecule has 1 aromatic heterocycles. The van der Waals surface area contributed by atoms with Crippen molar-refractivity contribution in [3.63, 3.8) is 0 Å². The summed E-state index contributed by atoms with van der Waals surface area (Å²) >= 11 is 5.94. The molecule has 0 radical (unpaired) electrons. The third-order valence-electron chi connectivity index (χ3n) is 2.99. The molecule has 1 aromatic carbocycles. The molecule has 19 heavy (non-hydrogen) atoms. The van der Waals surface area contributed by atoms with Crippen LogP contribution in [-0.2, 0) is 13.1 Å². The van der Waals surface area contributed by atoms with E-state index in [0.717, 1.165) is 41.6 Å². The highest BCUT2D eigenvalue weighted by molar-refractivity contribution is 6.28. The number of hydrogen-bond donors (Lipinski definition) is 2. The summed E-state index contributed by atoms with van der Waals surface area (Å²) in [5.74, 6) is 1.54. The molecule has 0 atom stereocenters. The molecule has 0 bridgehead atoms. The molecule has 0 saturated carbocycles. The van der Waals surface area contributed by atoms with Crippen molar-refractivity contribution >= 4 is 23.1 Å². The fourth-order valence-corrected chi connectivity index (χ4v) is 2.27. The maximum absolute atomic E-state index is 5.94. The predicted octanol–water partition coefficient (Wildman–Crippen LogP) is 2.49. The maximum Gasteiger partial charge on any atom is 0.224 e. The second-order valence-electron chi connectivity index (χ2n) is 4.23. The average Bonchev–Trinajstić information content (AvgIpc) is 2.87. The zero-order valence-corrected chi connectivity index (χ0v) is 11.2. The van der Waals surface area contributed by atoms with Gasteiger partial charge in [0.1, 0.15) is 11.6 Å². The molecule has 2 N–H and O–H groups in total. The fraction of sp³-hybridized carbons (Fsp3) is 0.231. The third-order valence-corrected chi connectivity index (χ3v) is 3.16. The van der Waals surface area contributed by atoms with Gasteiger partial charge in [-0.3, -0.25) is 0 Å². The van der Waals surface area contributed by atoms with Crippen molar-refractivity contribution in [2.75, 3.05) is 12.4 Å². The minimum absolute atomic E-state index is 0.257. The van der Waals surface area contributed by atoms with Crippen molar-refractivity contribution in [1.29, 1.82) is 0 Å². The van der Waals surface area contributed by atoms with Crippen LogP contribution in [0.25, 0.3) is 0 Å². The minimum Gasteiger partial charge on any atom is -0.497 e. The van der Waals surface area contributed by atoms with Crippen LogP contribution in [0.1, 0.15) is 11.3 Å². The Hall–Kier alpha value is -1.85. The van der Waals surface area contributed by atoms with Crippen LogP contribution in [0.3, 0.4) is 0 Å². The Morgan fingerprint density at radius 1 is 1.32 bits per heavy atom. The molecule has 98 valence electrons. The van der Waals surface area contributed by atoms with Crippen LogP contribution in [0, 0.1) is 0 Å². The molecule has 5 nitrogen and oxygen atoms in total. The van der Waals surface area contributed by atoms with E-state index in [1.165, 1.54) is 0 Å². The van der Waals surface area contributed by atoms with E-state index in [9.17, 15) is 0 Å². The van der Waals surface area contributed by atoms with Crippen LogP contribution in [0.15, 0.2) is 24.3 Å². The number of halogens is 1. The highest BCUT2D eigenvalue weighted by Crippen LogP contribution is 2.27. The standard InChI is InChI=1S/C13H13ClN4O/c1-19-9-4-2-3-8(5-9)16-12-10-6-15-7-11(10)17-13(14)18-12/h2-5,15H,6-7H2,1H3,(H,16,17,18). The number of aromatic nitrogens is 2. The van der Waals surface area contributed by atoms with Crippen LogP contribution in [0.2, 0.25) is 5.28 Å². The first-order chi connectivity index (χ1) is 9.26. The number of nitrogens with zero attached hydrogens (tertiary/aromatic N) is 2. The van der Waals surface area contributed by atoms with Gasteiger partial charge in [0, 0.05) is 30.4 Å². The Morgan fingerprint density at radius 3 is 3.05 bits per heavy atom. The molecular formula is C13H13ClN4O. The van der Waals surface area contributed by atoms with E-state index in [4.69, 9.17) is 16.3 Å². The first kappa shape index (κ1) is 12.2. The van der Waals surface area contributed by atoms with Gasteiger partial charge in [-0.2, -0.15) is 0 Å². The molecule has 1 aliphatic heterocycles. The van der Waals surface area contributed by atoms with Crippen LogP contribution in [0.5, 0.6) is 5.75 Å². The summed E-state index contributed by atoms with van der Waals surface area (Å²) in [5, 5.41) is 6.76. The van der Waals surface area contributed by atoms with Gasteiger partial charge in [-0.05, 0) is 23.7 Å². The lowest BCUT2D eigenvalue weighted by Crippen LogP contribution is -2.03. The largest absolute Gasteiger partial charge is 0.497 e. The number of rotatable bonds is 3. The molecule has 2 aromatic rings. The number of methoxy groups -OCH3 is 1. The summed E-state index contributed by atoms with van der Waals surface area (Å²) in [6, 6.07) is 7.67. The molecule has 2 heterocycles. The van der Waals surface area contributed by atoms with Gasteiger partial charge in [0.25, 0.3) is 0 Å². The van der Waals surface area contributed by atoms with Gasteiger partial charge >= 0.3 is 0 Å². The van der Waals surface area contributed by atoms with Crippen molar-refractivity contribution in [1.82, 2.24) is 15.3 Å². The van der Waals surface area contributed by atoms with Crippen LogP contribution in [-0.4, -0.2) is 17.1 Å². The highest BCUT2D eigenvalue weighted by atomic mass is 35.5. The second kappa shape index (κ2) is 5.03. The van der Waals surface area contributed by atoms with E-state index in [1.54, 1.807) is 7.11 Å². The van der Waals surface area contributed by atoms with Crippen molar-refractivity contribution in [3.8, 4) is 5.75 Å². The predicted molar refractivity (Wildman–Crippen MR) is 73.9 cm³/mol. The Morgan fingerprint density at radius 2 is 2.21 bits per heavy atom. The van der Waals surface area contributed by atoms with E-state index in [0.29, 0.717) is 0 Å². The topological polar surface area (TPSA) is 59.1 Å². The Kier molecular flexibility index (Phi) is 3.23. The second-order valence-corrected chi connectivity index (χ2v) is 4.57. The van der Waals surface area contributed by atoms with Gasteiger partial charge in [-0.25, -0.2) is 9.97 Å². The lowest BCUT2D eigenvalue weighted by atomic mass is 10.2. The van der Waals surface area contributed by atoms with Crippen molar-refractivity contribution in [2.24, 2.45) is 0 Å². The van der Waals surface area contributed by atoms with Crippen LogP contribution in [0.4, 0.5) is 11.5 Å². The molecular weight excluding hydrogens is 264 g/mol. The number of hydrogen-bond acceptors (Lipinski definition) is 5. The minimum atomic E-state index is 0.257. The third kappa shape index (κ3) is 2.47. The molecule has 0 saturated heterocycles. The lowest BCUT2D eigenvalue weighted by molar-refractivity contribution is 0.415. The molecule has 0 fully saturated rings. The number of nitrogens with one attached hydrogen (secondary N) is 2. The first-order valence-electron chi connectivity index (χ1n) is 5.93. The first-order valence-corrected chi connectivity index (χ1v) is 6.31. The normalized spacial score (nSPS) is 13.2. The van der Waals surface area contributed by atoms with E-state index >= 15 is 0 Å². The average molecular weight is 277 g/mol. The van der Waals surface area contributed by atoms with E-state index in [1.807, 2.05) is 24.3 Å². The van der Waals surface area contributed by atoms with Crippen LogP contribution < -0.4 is 15.4 Å². The van der Waals surface area contributed by atoms with E-state index in [-0.39, 0.29) is 5.28 Å². The number of anilines is 2. The summed E-state index contributed by atoms with van der Waals surface area (Å²) in [7, 11) is 1.64. The Balaban J connectivity index is 1.95. The van der Waals surface area contributed by atoms with Gasteiger partial charge < -0.3 is 15.4 Å². The summed E-state index contributed by atoms with van der Waals surface area (Å²) in [5.41, 5.74) is 2.92. The van der Waals surface area contributed by atoms with Crippen LogP contribution >= 0.6 is 11.6 Å². The van der Waals surface area contributed by atoms with Gasteiger partial charge in [-0.15, -0.1) is 0 Å². The summed E-state index contributed by atoms with van der Waals surface area (Å²) in [6.07, 6.45) is 0. The summed E-state index contributed by atoms with van der Waals surface area (Å²) < 4.78 is 5.20. The van der Waals surface area contributed by atoms with Crippen molar-refractivity contribution < 1.29 is 4.74 Å². The SMILES string of the molecule is COc1cccc(Nc2nc(Cl)nc3c2CNC3)c1. The highest BCUT2D eigenvalue weighted by Gasteiger charge is 2.18. The quantitative estimate of drug-likeness (QED) is 0.844. The number of fused-ring (bicyclic) bond motifs is 1. The summed E-state index contributed by atoms with van der Waals surface area (Å²) in [6.45, 7) is 1.48. The molecule has 0 unspecified atom stereocenters. The van der Waals surface area contributed by atoms with Gasteiger partial charge in [0.2, 0.25) is 5.28 Å². The molecule has 0 spiro atoms. The maximum atomic E-state index is 5.94. The van der Waals surface area contributed by atoms with Gasteiger partial charge in [0.05, 0.1) is 12.8 Å². The monoisotopic (exact) mass is 276 g/mol. The molecule has 1 aliphatic rings. The molecule has 6 heteroatoms. The number of ether oxygens (including phenoxy) is 1. The fourth-order valence-electron chi connectivity index (χ4n) is 2.08.